The minimum atomic E-state index is -1.03. The van der Waals surface area contributed by atoms with Crippen LogP contribution < -0.4 is 16.0 Å². The Balaban J connectivity index is 1.45. The maximum Gasteiger partial charge on any atom is 0.407 e. The van der Waals surface area contributed by atoms with E-state index < -0.39 is 30.3 Å². The van der Waals surface area contributed by atoms with Gasteiger partial charge in [-0.25, -0.2) is 14.6 Å². The van der Waals surface area contributed by atoms with E-state index in [2.05, 4.69) is 39.8 Å². The number of nitrogens with one attached hydrogen (secondary N) is 3. The molecule has 0 aliphatic carbocycles. The molecule has 1 aromatic heterocycles. The molecule has 3 aromatic rings. The predicted octanol–water partition coefficient (Wildman–Crippen LogP) is 5.39. The van der Waals surface area contributed by atoms with Gasteiger partial charge in [0.15, 0.2) is 0 Å². The fourth-order valence-corrected chi connectivity index (χ4v) is 7.02. The Morgan fingerprint density at radius 3 is 2.20 bits per heavy atom. The van der Waals surface area contributed by atoms with E-state index in [4.69, 9.17) is 4.74 Å². The lowest BCUT2D eigenvalue weighted by Gasteiger charge is -2.30. The summed E-state index contributed by atoms with van der Waals surface area (Å²) >= 11 is 3.09. The Morgan fingerprint density at radius 1 is 0.960 bits per heavy atom. The van der Waals surface area contributed by atoms with Crippen LogP contribution in [0.5, 0.6) is 0 Å². The Kier molecular flexibility index (Phi) is 15.1. The number of ether oxygens (including phenoxy) is 1. The third-order valence-corrected chi connectivity index (χ3v) is 10.5. The summed E-state index contributed by atoms with van der Waals surface area (Å²) in [6.07, 6.45) is -0.713. The normalized spacial score (nSPS) is 16.4. The number of urea groups is 1. The molecule has 2 aromatic carbocycles. The molecule has 270 valence electrons. The zero-order valence-corrected chi connectivity index (χ0v) is 31.1. The maximum absolute atomic E-state index is 13.9. The lowest BCUT2D eigenvalue weighted by molar-refractivity contribution is -0.124. The molecule has 0 bridgehead atoms. The first-order valence-electron chi connectivity index (χ1n) is 17.1. The molecule has 0 saturated heterocycles. The number of nitrogens with zero attached hydrogens (tertiary/aromatic N) is 3. The summed E-state index contributed by atoms with van der Waals surface area (Å²) in [5, 5.41) is 23.6. The second kappa shape index (κ2) is 19.5. The molecule has 0 saturated carbocycles. The van der Waals surface area contributed by atoms with Crippen molar-refractivity contribution in [1.29, 1.82) is 0 Å². The third kappa shape index (κ3) is 12.4. The monoisotopic (exact) mass is 722 g/mol. The highest BCUT2D eigenvalue weighted by atomic mass is 32.2. The second-order valence-corrected chi connectivity index (χ2v) is 15.4. The number of aromatic nitrogens is 1. The topological polar surface area (TPSA) is 145 Å². The van der Waals surface area contributed by atoms with Crippen LogP contribution in [0.3, 0.4) is 0 Å². The number of thiazole rings is 1. The molecule has 11 nitrogen and oxygen atoms in total. The number of benzene rings is 2. The van der Waals surface area contributed by atoms with Gasteiger partial charge in [0, 0.05) is 24.4 Å². The van der Waals surface area contributed by atoms with Crippen LogP contribution >= 0.6 is 23.1 Å². The molecule has 0 radical (unpaired) electrons. The summed E-state index contributed by atoms with van der Waals surface area (Å²) in [5.41, 5.74) is 4.47. The molecule has 1 unspecified atom stereocenters. The average Bonchev–Trinajstić information content (AvgIpc) is 3.79. The van der Waals surface area contributed by atoms with Gasteiger partial charge in [0.1, 0.15) is 12.6 Å². The highest BCUT2D eigenvalue weighted by molar-refractivity contribution is 8.12. The zero-order chi connectivity index (χ0) is 36.0. The van der Waals surface area contributed by atoms with Crippen molar-refractivity contribution < 1.29 is 24.2 Å². The molecular formula is C37H50N6O5S2. The Labute approximate surface area is 303 Å². The van der Waals surface area contributed by atoms with Crippen molar-refractivity contribution in [3.8, 4) is 0 Å². The van der Waals surface area contributed by atoms with E-state index in [0.717, 1.165) is 21.8 Å². The van der Waals surface area contributed by atoms with E-state index in [1.807, 2.05) is 79.9 Å². The van der Waals surface area contributed by atoms with Crippen LogP contribution in [0.15, 0.2) is 71.0 Å². The average molecular weight is 723 g/mol. The largest absolute Gasteiger partial charge is 0.448 e. The smallest absolute Gasteiger partial charge is 0.407 e. The first-order chi connectivity index (χ1) is 24.0. The molecule has 4 rings (SSSR count). The van der Waals surface area contributed by atoms with Crippen molar-refractivity contribution in [3.63, 3.8) is 0 Å². The molecule has 0 fully saturated rings. The number of carbonyl (C=O) groups excluding carboxylic acids is 3. The van der Waals surface area contributed by atoms with Gasteiger partial charge in [-0.15, -0.1) is 23.1 Å². The van der Waals surface area contributed by atoms with E-state index >= 15 is 0 Å². The number of rotatable bonds is 17. The van der Waals surface area contributed by atoms with Gasteiger partial charge in [0.25, 0.3) is 0 Å². The highest BCUT2D eigenvalue weighted by Gasteiger charge is 2.31. The summed E-state index contributed by atoms with van der Waals surface area (Å²) in [5.74, 6) is -0.264. The van der Waals surface area contributed by atoms with Crippen LogP contribution in [-0.4, -0.2) is 88.2 Å². The number of amides is 4. The van der Waals surface area contributed by atoms with E-state index in [9.17, 15) is 19.5 Å². The molecule has 5 atom stereocenters. The van der Waals surface area contributed by atoms with Gasteiger partial charge in [-0.1, -0.05) is 88.4 Å². The minimum absolute atomic E-state index is 0.0722. The first kappa shape index (κ1) is 38.9. The molecule has 1 aliphatic rings. The van der Waals surface area contributed by atoms with Crippen LogP contribution in [0.1, 0.15) is 61.9 Å². The molecule has 4 amide bonds. The van der Waals surface area contributed by atoms with E-state index in [0.29, 0.717) is 31.8 Å². The van der Waals surface area contributed by atoms with E-state index in [1.165, 1.54) is 16.7 Å². The van der Waals surface area contributed by atoms with Crippen LogP contribution in [0.4, 0.5) is 9.59 Å². The van der Waals surface area contributed by atoms with Crippen molar-refractivity contribution in [2.75, 3.05) is 20.2 Å². The number of alkyl carbamates (subject to hydrolysis) is 1. The lowest BCUT2D eigenvalue weighted by Crippen LogP contribution is -2.55. The fraction of sp³-hybridized carbons (Fsp3) is 0.486. The number of thioether (sulfide) groups is 1. The SMILES string of the molecule is CC(C)c1nc(CN(C)C(=O)N[C@H](C(=O)N[C@@H](Cc2ccccc2)C[C@H](O)[C@H](Cc2ccccc2)NC(=O)OCC2CN=CS2)C(C)C)cs1. The molecule has 0 spiro atoms. The number of aliphatic imine (C=N–C) groups is 1. The summed E-state index contributed by atoms with van der Waals surface area (Å²) in [6, 6.07) is 16.9. The van der Waals surface area contributed by atoms with Gasteiger partial charge < -0.3 is 30.7 Å². The second-order valence-electron chi connectivity index (χ2n) is 13.3. The van der Waals surface area contributed by atoms with Crippen molar-refractivity contribution >= 4 is 46.7 Å². The molecular weight excluding hydrogens is 673 g/mol. The maximum atomic E-state index is 13.9. The van der Waals surface area contributed by atoms with Crippen molar-refractivity contribution in [2.24, 2.45) is 10.9 Å². The van der Waals surface area contributed by atoms with Gasteiger partial charge in [0.05, 0.1) is 46.7 Å². The van der Waals surface area contributed by atoms with Gasteiger partial charge in [-0.05, 0) is 36.3 Å². The van der Waals surface area contributed by atoms with Gasteiger partial charge in [-0.3, -0.25) is 9.79 Å². The lowest BCUT2D eigenvalue weighted by atomic mass is 9.93. The van der Waals surface area contributed by atoms with Crippen molar-refractivity contribution in [1.82, 2.24) is 25.8 Å². The molecule has 2 heterocycles. The summed E-state index contributed by atoms with van der Waals surface area (Å²) < 4.78 is 5.49. The number of aliphatic hydroxyl groups excluding tert-OH is 1. The quantitative estimate of drug-likeness (QED) is 0.146. The number of hydrogen-bond acceptors (Lipinski definition) is 9. The van der Waals surface area contributed by atoms with Crippen LogP contribution in [0.2, 0.25) is 0 Å². The third-order valence-electron chi connectivity index (χ3n) is 8.34. The molecule has 13 heteroatoms. The van der Waals surface area contributed by atoms with E-state index in [-0.39, 0.29) is 36.1 Å². The predicted molar refractivity (Wildman–Crippen MR) is 201 cm³/mol. The van der Waals surface area contributed by atoms with Gasteiger partial charge >= 0.3 is 12.1 Å². The zero-order valence-electron chi connectivity index (χ0n) is 29.5. The Morgan fingerprint density at radius 2 is 1.62 bits per heavy atom. The van der Waals surface area contributed by atoms with Crippen LogP contribution in [0, 0.1) is 5.92 Å². The van der Waals surface area contributed by atoms with Gasteiger partial charge in [-0.2, -0.15) is 0 Å². The number of hydrogen-bond donors (Lipinski definition) is 4. The molecule has 4 N–H and O–H groups in total. The molecule has 1 aliphatic heterocycles. The summed E-state index contributed by atoms with van der Waals surface area (Å²) in [6.45, 7) is 9.03. The summed E-state index contributed by atoms with van der Waals surface area (Å²) in [4.78, 5) is 50.4. The van der Waals surface area contributed by atoms with Crippen molar-refractivity contribution in [3.05, 3.63) is 87.9 Å². The Bertz CT molecular complexity index is 1530. The number of carbonyl (C=O) groups is 3. The highest BCUT2D eigenvalue weighted by Crippen LogP contribution is 2.20. The van der Waals surface area contributed by atoms with Crippen LogP contribution in [-0.2, 0) is 28.9 Å². The van der Waals surface area contributed by atoms with Crippen LogP contribution in [0.25, 0.3) is 0 Å². The number of aliphatic hydroxyl groups is 1. The summed E-state index contributed by atoms with van der Waals surface area (Å²) in [7, 11) is 1.68. The van der Waals surface area contributed by atoms with E-state index in [1.54, 1.807) is 23.9 Å². The minimum Gasteiger partial charge on any atom is -0.448 e. The van der Waals surface area contributed by atoms with Gasteiger partial charge in [0.2, 0.25) is 5.91 Å². The fourth-order valence-electron chi connectivity index (χ4n) is 5.53. The first-order valence-corrected chi connectivity index (χ1v) is 18.9. The molecule has 50 heavy (non-hydrogen) atoms. The standard InChI is InChI=1S/C37H50N6O5S2/c1-24(2)33(42-36(46)43(5)20-29-22-49-35(40-29)25(3)4)34(45)39-28(16-26-12-8-6-9-13-26)18-32(44)31(17-27-14-10-7-11-15-27)41-37(47)48-21-30-19-38-23-50-30/h6-15,22-25,28,30-33,44H,16-21H2,1-5H3,(H,39,45)(H,41,47)(H,42,46)/t28-,30?,31-,32-,33-/m0/s1. The Hall–Kier alpha value is -3.94. The van der Waals surface area contributed by atoms with Crippen molar-refractivity contribution in [2.45, 2.75) is 88.9 Å².